The van der Waals surface area contributed by atoms with Crippen LogP contribution in [0.25, 0.3) is 0 Å². The summed E-state index contributed by atoms with van der Waals surface area (Å²) in [6, 6.07) is 9.07. The number of hydrogen-bond donors (Lipinski definition) is 1. The molecule has 0 saturated heterocycles. The molecule has 0 aliphatic rings. The summed E-state index contributed by atoms with van der Waals surface area (Å²) in [6.45, 7) is 0. The van der Waals surface area contributed by atoms with Gasteiger partial charge in [-0.15, -0.1) is 0 Å². The fourth-order valence-electron chi connectivity index (χ4n) is 1.50. The monoisotopic (exact) mass is 264 g/mol. The van der Waals surface area contributed by atoms with Crippen LogP contribution in [0.5, 0.6) is 11.5 Å². The van der Waals surface area contributed by atoms with Crippen LogP contribution >= 0.6 is 11.6 Å². The first-order chi connectivity index (χ1) is 8.72. The first-order valence-corrected chi connectivity index (χ1v) is 5.71. The third kappa shape index (κ3) is 2.84. The van der Waals surface area contributed by atoms with Crippen molar-refractivity contribution in [2.45, 2.75) is 0 Å². The molecular weight excluding hydrogens is 252 g/mol. The molecule has 4 nitrogen and oxygen atoms in total. The molecule has 5 heteroatoms. The second-order valence-corrected chi connectivity index (χ2v) is 3.99. The number of anilines is 2. The zero-order chi connectivity index (χ0) is 13.0. The SMILES string of the molecule is COc1ccc(OC)c(Nc2ccc(Cl)cn2)c1. The number of ether oxygens (including phenoxy) is 2. The minimum Gasteiger partial charge on any atom is -0.497 e. The van der Waals surface area contributed by atoms with E-state index in [1.165, 1.54) is 0 Å². The molecule has 1 heterocycles. The number of pyridine rings is 1. The lowest BCUT2D eigenvalue weighted by molar-refractivity contribution is 0.405. The van der Waals surface area contributed by atoms with E-state index in [0.717, 1.165) is 11.4 Å². The van der Waals surface area contributed by atoms with E-state index in [-0.39, 0.29) is 0 Å². The van der Waals surface area contributed by atoms with E-state index in [4.69, 9.17) is 21.1 Å². The second kappa shape index (κ2) is 5.60. The van der Waals surface area contributed by atoms with Gasteiger partial charge in [0.15, 0.2) is 0 Å². The van der Waals surface area contributed by atoms with Gasteiger partial charge in [0.2, 0.25) is 0 Å². The number of benzene rings is 1. The molecule has 18 heavy (non-hydrogen) atoms. The van der Waals surface area contributed by atoms with Gasteiger partial charge in [-0.25, -0.2) is 4.98 Å². The zero-order valence-electron chi connectivity index (χ0n) is 10.1. The van der Waals surface area contributed by atoms with Crippen LogP contribution in [0.4, 0.5) is 11.5 Å². The molecule has 0 aliphatic heterocycles. The van der Waals surface area contributed by atoms with Gasteiger partial charge < -0.3 is 14.8 Å². The van der Waals surface area contributed by atoms with Crippen LogP contribution in [0.15, 0.2) is 36.5 Å². The molecule has 0 spiro atoms. The summed E-state index contributed by atoms with van der Waals surface area (Å²) in [5, 5.41) is 3.75. The maximum Gasteiger partial charge on any atom is 0.142 e. The van der Waals surface area contributed by atoms with Gasteiger partial charge in [0.05, 0.1) is 24.9 Å². The summed E-state index contributed by atoms with van der Waals surface area (Å²) < 4.78 is 10.4. The molecule has 2 rings (SSSR count). The molecule has 1 aromatic heterocycles. The molecule has 1 N–H and O–H groups in total. The van der Waals surface area contributed by atoms with Gasteiger partial charge in [-0.3, -0.25) is 0 Å². The molecule has 0 saturated carbocycles. The lowest BCUT2D eigenvalue weighted by atomic mass is 10.2. The molecule has 2 aromatic rings. The molecule has 0 aliphatic carbocycles. The normalized spacial score (nSPS) is 9.94. The Labute approximate surface area is 111 Å². The fourth-order valence-corrected chi connectivity index (χ4v) is 1.61. The molecule has 0 fully saturated rings. The van der Waals surface area contributed by atoms with E-state index in [0.29, 0.717) is 16.6 Å². The van der Waals surface area contributed by atoms with Gasteiger partial charge in [-0.1, -0.05) is 11.6 Å². The van der Waals surface area contributed by atoms with Crippen molar-refractivity contribution < 1.29 is 9.47 Å². The Kier molecular flexibility index (Phi) is 3.89. The smallest absolute Gasteiger partial charge is 0.142 e. The highest BCUT2D eigenvalue weighted by atomic mass is 35.5. The molecule has 94 valence electrons. The Morgan fingerprint density at radius 3 is 2.56 bits per heavy atom. The molecular formula is C13H13ClN2O2. The standard InChI is InChI=1S/C13H13ClN2O2/c1-17-10-4-5-12(18-2)11(7-10)16-13-6-3-9(14)8-15-13/h3-8H,1-2H3,(H,15,16). The van der Waals surface area contributed by atoms with E-state index in [1.54, 1.807) is 32.5 Å². The highest BCUT2D eigenvalue weighted by Gasteiger charge is 2.05. The summed E-state index contributed by atoms with van der Waals surface area (Å²) >= 11 is 5.79. The van der Waals surface area contributed by atoms with Crippen molar-refractivity contribution in [1.82, 2.24) is 4.98 Å². The molecule has 0 unspecified atom stereocenters. The topological polar surface area (TPSA) is 43.4 Å². The molecule has 1 aromatic carbocycles. The first-order valence-electron chi connectivity index (χ1n) is 5.33. The molecule has 0 amide bonds. The van der Waals surface area contributed by atoms with Gasteiger partial charge in [-0.2, -0.15) is 0 Å². The summed E-state index contributed by atoms with van der Waals surface area (Å²) in [4.78, 5) is 4.17. The summed E-state index contributed by atoms with van der Waals surface area (Å²) in [5.41, 5.74) is 0.784. The summed E-state index contributed by atoms with van der Waals surface area (Å²) in [5.74, 6) is 2.14. The van der Waals surface area contributed by atoms with Crippen LogP contribution in [-0.4, -0.2) is 19.2 Å². The quantitative estimate of drug-likeness (QED) is 0.918. The van der Waals surface area contributed by atoms with Gasteiger partial charge in [0.1, 0.15) is 17.3 Å². The van der Waals surface area contributed by atoms with Gasteiger partial charge in [-0.05, 0) is 24.3 Å². The van der Waals surface area contributed by atoms with E-state index in [1.807, 2.05) is 18.2 Å². The van der Waals surface area contributed by atoms with E-state index in [9.17, 15) is 0 Å². The van der Waals surface area contributed by atoms with Crippen LogP contribution in [-0.2, 0) is 0 Å². The number of aromatic nitrogens is 1. The minimum atomic E-state index is 0.596. The number of nitrogens with one attached hydrogen (secondary N) is 1. The van der Waals surface area contributed by atoms with Crippen molar-refractivity contribution in [3.8, 4) is 11.5 Å². The van der Waals surface area contributed by atoms with E-state index < -0.39 is 0 Å². The largest absolute Gasteiger partial charge is 0.497 e. The number of halogens is 1. The molecule has 0 radical (unpaired) electrons. The summed E-state index contributed by atoms with van der Waals surface area (Å²) in [6.07, 6.45) is 1.58. The Bertz CT molecular complexity index is 529. The Morgan fingerprint density at radius 2 is 1.94 bits per heavy atom. The van der Waals surface area contributed by atoms with Gasteiger partial charge in [0, 0.05) is 12.3 Å². The number of nitrogens with zero attached hydrogens (tertiary/aromatic N) is 1. The van der Waals surface area contributed by atoms with Crippen LogP contribution in [0.1, 0.15) is 0 Å². The third-order valence-electron chi connectivity index (χ3n) is 2.40. The van der Waals surface area contributed by atoms with Gasteiger partial charge in [0.25, 0.3) is 0 Å². The zero-order valence-corrected chi connectivity index (χ0v) is 10.9. The van der Waals surface area contributed by atoms with Crippen molar-refractivity contribution in [3.05, 3.63) is 41.6 Å². The average molecular weight is 265 g/mol. The maximum absolute atomic E-state index is 5.79. The van der Waals surface area contributed by atoms with Crippen LogP contribution in [0.3, 0.4) is 0 Å². The Hall–Kier alpha value is -1.94. The first kappa shape index (κ1) is 12.5. The van der Waals surface area contributed by atoms with Crippen LogP contribution in [0, 0.1) is 0 Å². The van der Waals surface area contributed by atoms with Crippen LogP contribution < -0.4 is 14.8 Å². The van der Waals surface area contributed by atoms with Crippen molar-refractivity contribution in [3.63, 3.8) is 0 Å². The van der Waals surface area contributed by atoms with Crippen molar-refractivity contribution in [1.29, 1.82) is 0 Å². The summed E-state index contributed by atoms with van der Waals surface area (Å²) in [7, 11) is 3.23. The number of methoxy groups -OCH3 is 2. The van der Waals surface area contributed by atoms with Crippen molar-refractivity contribution in [2.75, 3.05) is 19.5 Å². The van der Waals surface area contributed by atoms with Crippen molar-refractivity contribution in [2.24, 2.45) is 0 Å². The predicted molar refractivity (Wildman–Crippen MR) is 72.1 cm³/mol. The minimum absolute atomic E-state index is 0.596. The number of rotatable bonds is 4. The lowest BCUT2D eigenvalue weighted by Crippen LogP contribution is -1.97. The van der Waals surface area contributed by atoms with Gasteiger partial charge >= 0.3 is 0 Å². The lowest BCUT2D eigenvalue weighted by Gasteiger charge is -2.12. The van der Waals surface area contributed by atoms with E-state index >= 15 is 0 Å². The Balaban J connectivity index is 2.29. The fraction of sp³-hybridized carbons (Fsp3) is 0.154. The highest BCUT2D eigenvalue weighted by Crippen LogP contribution is 2.31. The average Bonchev–Trinajstić information content (AvgIpc) is 2.41. The molecule has 0 bridgehead atoms. The van der Waals surface area contributed by atoms with E-state index in [2.05, 4.69) is 10.3 Å². The Morgan fingerprint density at radius 1 is 1.11 bits per heavy atom. The molecule has 0 atom stereocenters. The highest BCUT2D eigenvalue weighted by molar-refractivity contribution is 6.30. The third-order valence-corrected chi connectivity index (χ3v) is 2.62. The van der Waals surface area contributed by atoms with Crippen LogP contribution in [0.2, 0.25) is 5.02 Å². The second-order valence-electron chi connectivity index (χ2n) is 3.55. The maximum atomic E-state index is 5.79. The number of hydrogen-bond acceptors (Lipinski definition) is 4. The van der Waals surface area contributed by atoms with Crippen molar-refractivity contribution >= 4 is 23.1 Å². The predicted octanol–water partition coefficient (Wildman–Crippen LogP) is 3.50.